The molecule has 0 fully saturated rings. The number of nitrogens with zero attached hydrogens (tertiary/aromatic N) is 3. The van der Waals surface area contributed by atoms with Crippen LogP contribution >= 0.6 is 23.8 Å². The Labute approximate surface area is 154 Å². The fraction of sp³-hybridized carbons (Fsp3) is 0.412. The molecule has 1 aromatic heterocycles. The number of benzene rings is 1. The SMILES string of the molecule is Cc1cc(NC(=S)NCCCN(C)C)nn1Cc1ccc(Cl)cc1. The number of hydrogen-bond donors (Lipinski definition) is 2. The first-order chi connectivity index (χ1) is 11.4. The van der Waals surface area contributed by atoms with Gasteiger partial charge in [-0.3, -0.25) is 4.68 Å². The van der Waals surface area contributed by atoms with Gasteiger partial charge in [-0.25, -0.2) is 0 Å². The monoisotopic (exact) mass is 365 g/mol. The van der Waals surface area contributed by atoms with Crippen LogP contribution in [-0.4, -0.2) is 47.0 Å². The fourth-order valence-electron chi connectivity index (χ4n) is 2.25. The Bertz CT molecular complexity index is 666. The Morgan fingerprint density at radius 3 is 2.67 bits per heavy atom. The van der Waals surface area contributed by atoms with Gasteiger partial charge in [0.15, 0.2) is 10.9 Å². The zero-order chi connectivity index (χ0) is 17.5. The number of anilines is 1. The highest BCUT2D eigenvalue weighted by molar-refractivity contribution is 7.80. The predicted octanol–water partition coefficient (Wildman–Crippen LogP) is 3.13. The van der Waals surface area contributed by atoms with Gasteiger partial charge in [0.1, 0.15) is 0 Å². The van der Waals surface area contributed by atoms with Gasteiger partial charge in [-0.1, -0.05) is 23.7 Å². The van der Waals surface area contributed by atoms with Crippen LogP contribution < -0.4 is 10.6 Å². The molecule has 0 spiro atoms. The molecule has 2 rings (SSSR count). The van der Waals surface area contributed by atoms with Crippen molar-refractivity contribution in [3.8, 4) is 0 Å². The van der Waals surface area contributed by atoms with E-state index in [9.17, 15) is 0 Å². The maximum atomic E-state index is 5.92. The predicted molar refractivity (Wildman–Crippen MR) is 105 cm³/mol. The van der Waals surface area contributed by atoms with Crippen LogP contribution in [0.1, 0.15) is 17.7 Å². The van der Waals surface area contributed by atoms with Crippen LogP contribution in [0.2, 0.25) is 5.02 Å². The van der Waals surface area contributed by atoms with Crippen LogP contribution in [0.25, 0.3) is 0 Å². The third-order valence-electron chi connectivity index (χ3n) is 3.54. The Kier molecular flexibility index (Phi) is 7.02. The minimum atomic E-state index is 0.602. The number of thiocarbonyl (C=S) groups is 1. The van der Waals surface area contributed by atoms with E-state index in [4.69, 9.17) is 23.8 Å². The van der Waals surface area contributed by atoms with Crippen molar-refractivity contribution in [2.45, 2.75) is 19.9 Å². The van der Waals surface area contributed by atoms with Crippen molar-refractivity contribution in [1.29, 1.82) is 0 Å². The summed E-state index contributed by atoms with van der Waals surface area (Å²) in [5, 5.41) is 12.2. The first-order valence-corrected chi connectivity index (χ1v) is 8.71. The molecule has 1 heterocycles. The lowest BCUT2D eigenvalue weighted by molar-refractivity contribution is 0.400. The van der Waals surface area contributed by atoms with Crippen molar-refractivity contribution in [2.75, 3.05) is 32.5 Å². The number of rotatable bonds is 7. The van der Waals surface area contributed by atoms with Gasteiger partial charge in [-0.05, 0) is 63.9 Å². The van der Waals surface area contributed by atoms with Crippen molar-refractivity contribution in [3.63, 3.8) is 0 Å². The normalized spacial score (nSPS) is 10.9. The molecule has 0 radical (unpaired) electrons. The van der Waals surface area contributed by atoms with Crippen LogP contribution in [0.4, 0.5) is 5.82 Å². The van der Waals surface area contributed by atoms with Gasteiger partial charge in [0, 0.05) is 23.3 Å². The van der Waals surface area contributed by atoms with Gasteiger partial charge in [-0.2, -0.15) is 5.10 Å². The van der Waals surface area contributed by atoms with E-state index in [2.05, 4.69) is 34.7 Å². The highest BCUT2D eigenvalue weighted by atomic mass is 35.5. The number of halogens is 1. The summed E-state index contributed by atoms with van der Waals surface area (Å²) in [6, 6.07) is 9.79. The third-order valence-corrected chi connectivity index (χ3v) is 4.03. The molecule has 0 atom stereocenters. The summed E-state index contributed by atoms with van der Waals surface area (Å²) in [6.45, 7) is 4.61. The molecule has 0 aliphatic carbocycles. The third kappa shape index (κ3) is 6.11. The van der Waals surface area contributed by atoms with Crippen molar-refractivity contribution >= 4 is 34.7 Å². The average Bonchev–Trinajstić information content (AvgIpc) is 2.85. The van der Waals surface area contributed by atoms with E-state index in [-0.39, 0.29) is 0 Å². The fourth-order valence-corrected chi connectivity index (χ4v) is 2.58. The van der Waals surface area contributed by atoms with Crippen molar-refractivity contribution in [3.05, 3.63) is 46.6 Å². The summed E-state index contributed by atoms with van der Waals surface area (Å²) in [5.74, 6) is 0.756. The van der Waals surface area contributed by atoms with E-state index >= 15 is 0 Å². The van der Waals surface area contributed by atoms with Gasteiger partial charge >= 0.3 is 0 Å². The van der Waals surface area contributed by atoms with E-state index in [0.717, 1.165) is 41.6 Å². The molecule has 1 aromatic carbocycles. The quantitative estimate of drug-likeness (QED) is 0.583. The lowest BCUT2D eigenvalue weighted by Gasteiger charge is -2.11. The largest absolute Gasteiger partial charge is 0.362 e. The summed E-state index contributed by atoms with van der Waals surface area (Å²) in [5.41, 5.74) is 2.23. The van der Waals surface area contributed by atoms with Crippen molar-refractivity contribution in [1.82, 2.24) is 20.0 Å². The molecular weight excluding hydrogens is 342 g/mol. The van der Waals surface area contributed by atoms with Crippen molar-refractivity contribution < 1.29 is 0 Å². The molecule has 0 bridgehead atoms. The molecule has 0 aliphatic rings. The van der Waals surface area contributed by atoms with Crippen LogP contribution in [0, 0.1) is 6.92 Å². The second-order valence-electron chi connectivity index (χ2n) is 5.99. The molecule has 0 aliphatic heterocycles. The highest BCUT2D eigenvalue weighted by Crippen LogP contribution is 2.14. The summed E-state index contributed by atoms with van der Waals surface area (Å²) in [4.78, 5) is 2.15. The number of aryl methyl sites for hydroxylation is 1. The second kappa shape index (κ2) is 9.01. The topological polar surface area (TPSA) is 45.1 Å². The Morgan fingerprint density at radius 1 is 1.29 bits per heavy atom. The molecule has 0 unspecified atom stereocenters. The van der Waals surface area contributed by atoms with E-state index in [1.165, 1.54) is 0 Å². The van der Waals surface area contributed by atoms with Gasteiger partial charge in [0.05, 0.1) is 6.54 Å². The zero-order valence-corrected chi connectivity index (χ0v) is 15.9. The van der Waals surface area contributed by atoms with Gasteiger partial charge in [0.2, 0.25) is 0 Å². The van der Waals surface area contributed by atoms with Crippen LogP contribution in [-0.2, 0) is 6.54 Å². The molecule has 2 N–H and O–H groups in total. The minimum absolute atomic E-state index is 0.602. The number of nitrogens with one attached hydrogen (secondary N) is 2. The molecule has 24 heavy (non-hydrogen) atoms. The maximum Gasteiger partial charge on any atom is 0.171 e. The molecule has 0 saturated heterocycles. The summed E-state index contributed by atoms with van der Waals surface area (Å²) < 4.78 is 1.94. The smallest absolute Gasteiger partial charge is 0.171 e. The van der Waals surface area contributed by atoms with Gasteiger partial charge < -0.3 is 15.5 Å². The van der Waals surface area contributed by atoms with E-state index in [1.807, 2.05) is 41.9 Å². The Morgan fingerprint density at radius 2 is 2.00 bits per heavy atom. The minimum Gasteiger partial charge on any atom is -0.362 e. The summed E-state index contributed by atoms with van der Waals surface area (Å²) in [7, 11) is 4.12. The lowest BCUT2D eigenvalue weighted by atomic mass is 10.2. The Hall–Kier alpha value is -1.63. The highest BCUT2D eigenvalue weighted by Gasteiger charge is 2.06. The van der Waals surface area contributed by atoms with E-state index in [0.29, 0.717) is 11.7 Å². The summed E-state index contributed by atoms with van der Waals surface area (Å²) in [6.07, 6.45) is 1.04. The average molecular weight is 366 g/mol. The van der Waals surface area contributed by atoms with Crippen LogP contribution in [0.15, 0.2) is 30.3 Å². The molecule has 0 amide bonds. The van der Waals surface area contributed by atoms with Gasteiger partial charge in [0.25, 0.3) is 0 Å². The van der Waals surface area contributed by atoms with Crippen LogP contribution in [0.3, 0.4) is 0 Å². The molecule has 5 nitrogen and oxygen atoms in total. The van der Waals surface area contributed by atoms with E-state index < -0.39 is 0 Å². The molecule has 130 valence electrons. The lowest BCUT2D eigenvalue weighted by Crippen LogP contribution is -2.31. The zero-order valence-electron chi connectivity index (χ0n) is 14.3. The standard InChI is InChI=1S/C17H24ClN5S/c1-13-11-16(20-17(24)19-9-4-10-22(2)3)21-23(13)12-14-5-7-15(18)8-6-14/h5-8,11H,4,9-10,12H2,1-3H3,(H2,19,20,21,24). The summed E-state index contributed by atoms with van der Waals surface area (Å²) >= 11 is 11.2. The molecular formula is C17H24ClN5S. The molecule has 2 aromatic rings. The maximum absolute atomic E-state index is 5.92. The second-order valence-corrected chi connectivity index (χ2v) is 6.84. The number of hydrogen-bond acceptors (Lipinski definition) is 3. The van der Waals surface area contributed by atoms with Crippen molar-refractivity contribution in [2.24, 2.45) is 0 Å². The Balaban J connectivity index is 1.86. The number of aromatic nitrogens is 2. The van der Waals surface area contributed by atoms with E-state index in [1.54, 1.807) is 0 Å². The van der Waals surface area contributed by atoms with Gasteiger partial charge in [-0.15, -0.1) is 0 Å². The molecule has 0 saturated carbocycles. The first-order valence-electron chi connectivity index (χ1n) is 7.92. The first kappa shape index (κ1) is 18.7. The van der Waals surface area contributed by atoms with Crippen LogP contribution in [0.5, 0.6) is 0 Å². The molecule has 7 heteroatoms.